The summed E-state index contributed by atoms with van der Waals surface area (Å²) in [5.41, 5.74) is 0.0403. The van der Waals surface area contributed by atoms with E-state index in [9.17, 15) is 9.59 Å². The number of aromatic nitrogens is 6. The van der Waals surface area contributed by atoms with E-state index in [2.05, 4.69) is 39.1 Å². The van der Waals surface area contributed by atoms with E-state index in [4.69, 9.17) is 53.8 Å². The molecule has 12 nitrogen and oxygen atoms in total. The van der Waals surface area contributed by atoms with Gasteiger partial charge < -0.3 is 18.9 Å². The van der Waals surface area contributed by atoms with E-state index in [-0.39, 0.29) is 26.6 Å². The second-order valence-electron chi connectivity index (χ2n) is 15.2. The Morgan fingerprint density at radius 1 is 0.765 bits per heavy atom. The quantitative estimate of drug-likeness (QED) is 0.130. The maximum Gasteiger partial charge on any atom is 0.341 e. The molecule has 2 aliphatic rings. The number of rotatable bonds is 9. The second-order valence-corrected chi connectivity index (χ2v) is 16.3. The maximum absolute atomic E-state index is 12.1. The van der Waals surface area contributed by atoms with Crippen LogP contribution in [0.15, 0.2) is 48.8 Å². The minimum atomic E-state index is -0.592. The fraction of sp³-hybridized carbons (Fsp3) is 0.500. The predicted molar refractivity (Wildman–Crippen MR) is 195 cm³/mol. The number of aromatic amines is 1. The molecule has 0 saturated heterocycles. The molecule has 0 aromatic carbocycles. The van der Waals surface area contributed by atoms with Gasteiger partial charge in [-0.05, 0) is 91.5 Å². The Morgan fingerprint density at radius 3 is 1.76 bits per heavy atom. The molecule has 2 fully saturated rings. The molecular formula is C36H45Cl3N6O6. The number of pyridine rings is 2. The Labute approximate surface area is 313 Å². The lowest BCUT2D eigenvalue weighted by Crippen LogP contribution is -2.24. The van der Waals surface area contributed by atoms with Gasteiger partial charge in [0.05, 0.1) is 30.5 Å². The van der Waals surface area contributed by atoms with Crippen LogP contribution >= 0.6 is 34.8 Å². The van der Waals surface area contributed by atoms with E-state index in [1.54, 1.807) is 76.8 Å². The average molecular weight is 764 g/mol. The molecule has 0 atom stereocenters. The van der Waals surface area contributed by atoms with Crippen molar-refractivity contribution in [3.63, 3.8) is 0 Å². The minimum absolute atomic E-state index is 0.0525. The van der Waals surface area contributed by atoms with Crippen molar-refractivity contribution in [1.29, 1.82) is 0 Å². The second kappa shape index (κ2) is 16.2. The molecule has 0 amide bonds. The zero-order valence-corrected chi connectivity index (χ0v) is 32.4. The van der Waals surface area contributed by atoms with Crippen molar-refractivity contribution < 1.29 is 28.5 Å². The van der Waals surface area contributed by atoms with Crippen molar-refractivity contribution in [3.8, 4) is 17.6 Å². The lowest BCUT2D eigenvalue weighted by Gasteiger charge is -2.19. The fourth-order valence-electron chi connectivity index (χ4n) is 3.99. The Hall–Kier alpha value is -3.87. The van der Waals surface area contributed by atoms with Crippen LogP contribution in [-0.4, -0.2) is 66.3 Å². The molecule has 0 radical (unpaired) electrons. The summed E-state index contributed by atoms with van der Waals surface area (Å²) in [5, 5.41) is 11.3. The highest BCUT2D eigenvalue weighted by Crippen LogP contribution is 2.45. The number of hydrogen-bond donors (Lipinski definition) is 1. The number of halogens is 3. The third-order valence-corrected chi connectivity index (χ3v) is 8.30. The van der Waals surface area contributed by atoms with Gasteiger partial charge in [0.25, 0.3) is 0 Å². The first-order valence-electron chi connectivity index (χ1n) is 16.5. The number of carbonyl (C=O) groups is 2. The van der Waals surface area contributed by atoms with E-state index in [0.29, 0.717) is 29.1 Å². The van der Waals surface area contributed by atoms with Gasteiger partial charge in [0, 0.05) is 29.2 Å². The van der Waals surface area contributed by atoms with Gasteiger partial charge in [-0.3, -0.25) is 0 Å². The molecular weight excluding hydrogens is 719 g/mol. The molecule has 4 aromatic rings. The van der Waals surface area contributed by atoms with Crippen molar-refractivity contribution in [1.82, 2.24) is 29.9 Å². The molecule has 51 heavy (non-hydrogen) atoms. The van der Waals surface area contributed by atoms with Crippen LogP contribution in [0.2, 0.25) is 15.5 Å². The smallest absolute Gasteiger partial charge is 0.341 e. The van der Waals surface area contributed by atoms with Crippen molar-refractivity contribution >= 4 is 46.7 Å². The van der Waals surface area contributed by atoms with Gasteiger partial charge in [-0.15, -0.1) is 5.10 Å². The summed E-state index contributed by atoms with van der Waals surface area (Å²) in [6.07, 6.45) is 8.41. The number of ether oxygens (including phenoxy) is 4. The van der Waals surface area contributed by atoms with Crippen LogP contribution in [0.5, 0.6) is 11.8 Å². The Kier molecular flexibility index (Phi) is 12.7. The van der Waals surface area contributed by atoms with Gasteiger partial charge in [0.15, 0.2) is 5.82 Å². The normalized spacial score (nSPS) is 15.3. The van der Waals surface area contributed by atoms with Gasteiger partial charge in [-0.2, -0.15) is 5.10 Å². The molecule has 2 saturated carbocycles. The van der Waals surface area contributed by atoms with Crippen LogP contribution < -0.4 is 9.47 Å². The van der Waals surface area contributed by atoms with Gasteiger partial charge in [-0.1, -0.05) is 48.7 Å². The molecule has 4 heterocycles. The van der Waals surface area contributed by atoms with Crippen LogP contribution in [0.1, 0.15) is 102 Å². The Bertz CT molecular complexity index is 1790. The first kappa shape index (κ1) is 39.9. The lowest BCUT2D eigenvalue weighted by molar-refractivity contribution is 0.00567. The zero-order valence-electron chi connectivity index (χ0n) is 30.2. The maximum atomic E-state index is 12.1. The van der Waals surface area contributed by atoms with Crippen molar-refractivity contribution in [2.24, 2.45) is 10.8 Å². The monoisotopic (exact) mass is 762 g/mol. The van der Waals surface area contributed by atoms with Crippen LogP contribution in [0.3, 0.4) is 0 Å². The van der Waals surface area contributed by atoms with Crippen LogP contribution in [0.4, 0.5) is 0 Å². The van der Waals surface area contributed by atoms with E-state index in [0.717, 1.165) is 12.5 Å². The lowest BCUT2D eigenvalue weighted by atomic mass is 10.2. The number of esters is 2. The van der Waals surface area contributed by atoms with Crippen LogP contribution in [0.25, 0.3) is 5.82 Å². The molecule has 2 aliphatic carbocycles. The number of nitrogens with one attached hydrogen (secondary N) is 1. The summed E-state index contributed by atoms with van der Waals surface area (Å²) in [4.78, 5) is 31.7. The topological polar surface area (TPSA) is 143 Å². The highest BCUT2D eigenvalue weighted by atomic mass is 35.5. The van der Waals surface area contributed by atoms with Gasteiger partial charge in [0.2, 0.25) is 11.8 Å². The Balaban J connectivity index is 0.000000190. The number of nitrogens with zero attached hydrogens (tertiary/aromatic N) is 5. The van der Waals surface area contributed by atoms with Crippen molar-refractivity contribution in [2.45, 2.75) is 92.3 Å². The summed E-state index contributed by atoms with van der Waals surface area (Å²) in [6.45, 7) is 16.7. The summed E-state index contributed by atoms with van der Waals surface area (Å²) in [7, 11) is 0. The molecule has 6 rings (SSSR count). The Morgan fingerprint density at radius 2 is 1.29 bits per heavy atom. The van der Waals surface area contributed by atoms with E-state index < -0.39 is 23.1 Å². The zero-order chi connectivity index (χ0) is 37.6. The molecule has 1 N–H and O–H groups in total. The van der Waals surface area contributed by atoms with Crippen LogP contribution in [0, 0.1) is 10.8 Å². The standard InChI is InChI=1S/C18H22ClN3O3.C10H11Cl2NO2.C8H12N2O/c1-17(2,3)25-16(23)12-5-6-13(20-15(12)19)22-10-7-14(21-22)24-11-18(4)8-9-18;1-10(2,3)15-9(14)6-4-5-7(11)13-8(6)12;1-8(3-4-8)6-11-7-2-5-9-10-7/h5-7,10H,8-9,11H2,1-4H3;4-5H,1-3H3;2,5H,3-4,6H2,1H3,(H,9,10). The van der Waals surface area contributed by atoms with Crippen LogP contribution in [-0.2, 0) is 9.47 Å². The molecule has 0 unspecified atom stereocenters. The number of carbonyl (C=O) groups excluding carboxylic acids is 2. The van der Waals surface area contributed by atoms with Gasteiger partial charge in [0.1, 0.15) is 26.7 Å². The van der Waals surface area contributed by atoms with Crippen molar-refractivity contribution in [3.05, 3.63) is 75.4 Å². The van der Waals surface area contributed by atoms with Crippen molar-refractivity contribution in [2.75, 3.05) is 13.2 Å². The first-order chi connectivity index (χ1) is 23.7. The molecule has 15 heteroatoms. The highest BCUT2D eigenvalue weighted by Gasteiger charge is 2.39. The molecule has 4 aromatic heterocycles. The summed E-state index contributed by atoms with van der Waals surface area (Å²) in [5.74, 6) is 0.820. The average Bonchev–Trinajstić information content (AvgIpc) is 3.76. The first-order valence-corrected chi connectivity index (χ1v) is 17.6. The number of H-pyrrole nitrogens is 1. The third kappa shape index (κ3) is 13.3. The summed E-state index contributed by atoms with van der Waals surface area (Å²) < 4.78 is 23.2. The third-order valence-electron chi connectivity index (χ3n) is 7.51. The highest BCUT2D eigenvalue weighted by molar-refractivity contribution is 6.34. The van der Waals surface area contributed by atoms with E-state index in [1.807, 2.05) is 6.07 Å². The fourth-order valence-corrected chi connectivity index (χ4v) is 4.63. The van der Waals surface area contributed by atoms with E-state index >= 15 is 0 Å². The van der Waals surface area contributed by atoms with Gasteiger partial charge >= 0.3 is 11.9 Å². The molecule has 0 bridgehead atoms. The minimum Gasteiger partial charge on any atom is -0.477 e. The molecule has 0 spiro atoms. The predicted octanol–water partition coefficient (Wildman–Crippen LogP) is 8.99. The summed E-state index contributed by atoms with van der Waals surface area (Å²) in [6, 6.07) is 9.86. The SMILES string of the molecule is CC(C)(C)OC(=O)c1ccc(Cl)nc1Cl.CC1(COc2ccn(-c3ccc(C(=O)OC(C)(C)C)c(Cl)n3)n2)CC1.CC1(COc2ccn[nH]2)CC1. The molecule has 276 valence electrons. The molecule has 0 aliphatic heterocycles. The van der Waals surface area contributed by atoms with E-state index in [1.165, 1.54) is 37.8 Å². The van der Waals surface area contributed by atoms with Gasteiger partial charge in [-0.25, -0.2) is 29.3 Å². The number of hydrogen-bond acceptors (Lipinski definition) is 10. The largest absolute Gasteiger partial charge is 0.477 e. The summed E-state index contributed by atoms with van der Waals surface area (Å²) >= 11 is 17.5.